The van der Waals surface area contributed by atoms with Crippen molar-refractivity contribution >= 4 is 23.4 Å². The summed E-state index contributed by atoms with van der Waals surface area (Å²) in [5.74, 6) is -0.591. The smallest absolute Gasteiger partial charge is 0.483 e. The summed E-state index contributed by atoms with van der Waals surface area (Å²) in [7, 11) is 0. The van der Waals surface area contributed by atoms with Crippen molar-refractivity contribution in [2.45, 2.75) is 44.4 Å². The van der Waals surface area contributed by atoms with E-state index in [9.17, 15) is 22.4 Å². The summed E-state index contributed by atoms with van der Waals surface area (Å²) in [6, 6.07) is 10.8. The first-order valence-corrected chi connectivity index (χ1v) is 11.2. The van der Waals surface area contributed by atoms with Gasteiger partial charge in [0.25, 0.3) is 0 Å². The van der Waals surface area contributed by atoms with Gasteiger partial charge in [0.05, 0.1) is 11.4 Å². The molecular weight excluding hydrogens is 476 g/mol. The number of carbonyl (C=O) groups is 1. The van der Waals surface area contributed by atoms with Gasteiger partial charge in [-0.1, -0.05) is 23.9 Å². The maximum Gasteiger partial charge on any atom is 0.573 e. The van der Waals surface area contributed by atoms with Crippen LogP contribution in [0.1, 0.15) is 38.7 Å². The highest BCUT2D eigenvalue weighted by Gasteiger charge is 2.32. The van der Waals surface area contributed by atoms with Gasteiger partial charge in [0, 0.05) is 6.04 Å². The van der Waals surface area contributed by atoms with E-state index in [-0.39, 0.29) is 23.3 Å². The highest BCUT2D eigenvalue weighted by molar-refractivity contribution is 7.99. The van der Waals surface area contributed by atoms with Gasteiger partial charge in [0.2, 0.25) is 5.91 Å². The Kier molecular flexibility index (Phi) is 8.02. The first kappa shape index (κ1) is 25.3. The molecule has 1 atom stereocenters. The lowest BCUT2D eigenvalue weighted by Crippen LogP contribution is -2.20. The minimum atomic E-state index is -4.88. The van der Waals surface area contributed by atoms with Gasteiger partial charge in [-0.15, -0.1) is 23.4 Å². The summed E-state index contributed by atoms with van der Waals surface area (Å²) in [6.07, 6.45) is -5.40. The van der Waals surface area contributed by atoms with Gasteiger partial charge >= 0.3 is 6.36 Å². The molecule has 0 aliphatic carbocycles. The number of alkyl halides is 3. The van der Waals surface area contributed by atoms with Gasteiger partial charge in [0.1, 0.15) is 11.6 Å². The van der Waals surface area contributed by atoms with Crippen LogP contribution < -0.4 is 14.8 Å². The van der Waals surface area contributed by atoms with Crippen LogP contribution in [0, 0.1) is 5.82 Å². The Morgan fingerprint density at radius 3 is 2.41 bits per heavy atom. The quantitative estimate of drug-likeness (QED) is 0.298. The van der Waals surface area contributed by atoms with Crippen molar-refractivity contribution in [2.24, 2.45) is 0 Å². The first-order chi connectivity index (χ1) is 16.0. The second kappa shape index (κ2) is 10.8. The summed E-state index contributed by atoms with van der Waals surface area (Å²) >= 11 is 1.08. The molecule has 1 N–H and O–H groups in total. The number of halogens is 4. The molecule has 182 valence electrons. The number of amides is 1. The number of benzene rings is 2. The van der Waals surface area contributed by atoms with Crippen molar-refractivity contribution in [1.82, 2.24) is 14.8 Å². The van der Waals surface area contributed by atoms with Gasteiger partial charge in [0.15, 0.2) is 22.8 Å². The lowest BCUT2D eigenvalue weighted by molar-refractivity contribution is -0.274. The first-order valence-electron chi connectivity index (χ1n) is 10.2. The number of nitrogens with one attached hydrogen (secondary N) is 1. The highest BCUT2D eigenvalue weighted by atomic mass is 32.2. The SMILES string of the molecule is CC(Oc1ccc(F)cc1)c1nnc(SCC(=O)Nc2ccccc2OC(F)(F)F)n1C(C)C. The monoisotopic (exact) mass is 498 g/mol. The summed E-state index contributed by atoms with van der Waals surface area (Å²) in [6.45, 7) is 5.59. The number of para-hydroxylation sites is 2. The Balaban J connectivity index is 1.68. The molecule has 2 aromatic carbocycles. The Morgan fingerprint density at radius 1 is 1.09 bits per heavy atom. The highest BCUT2D eigenvalue weighted by Crippen LogP contribution is 2.31. The average molecular weight is 499 g/mol. The van der Waals surface area contributed by atoms with Crippen LogP contribution in [0.2, 0.25) is 0 Å². The Morgan fingerprint density at radius 2 is 1.76 bits per heavy atom. The van der Waals surface area contributed by atoms with Crippen LogP contribution in [0.5, 0.6) is 11.5 Å². The minimum absolute atomic E-state index is 0.0734. The molecule has 0 saturated carbocycles. The molecule has 3 rings (SSSR count). The zero-order valence-corrected chi connectivity index (χ0v) is 19.3. The topological polar surface area (TPSA) is 78.3 Å². The van der Waals surface area contributed by atoms with Crippen molar-refractivity contribution in [1.29, 1.82) is 0 Å². The number of thioether (sulfide) groups is 1. The number of nitrogens with zero attached hydrogens (tertiary/aromatic N) is 3. The zero-order valence-electron chi connectivity index (χ0n) is 18.5. The Bertz CT molecular complexity index is 1120. The van der Waals surface area contributed by atoms with Crippen LogP contribution in [0.25, 0.3) is 0 Å². The van der Waals surface area contributed by atoms with Crippen molar-refractivity contribution < 1.29 is 31.8 Å². The normalized spacial score (nSPS) is 12.5. The fraction of sp³-hybridized carbons (Fsp3) is 0.318. The van der Waals surface area contributed by atoms with Gasteiger partial charge < -0.3 is 19.4 Å². The number of anilines is 1. The molecule has 1 amide bonds. The molecular formula is C22H22F4N4O3S. The molecule has 0 bridgehead atoms. The third-order valence-electron chi connectivity index (χ3n) is 4.42. The number of ether oxygens (including phenoxy) is 2. The third-order valence-corrected chi connectivity index (χ3v) is 5.36. The molecule has 34 heavy (non-hydrogen) atoms. The number of aromatic nitrogens is 3. The zero-order chi connectivity index (χ0) is 24.9. The molecule has 1 heterocycles. The van der Waals surface area contributed by atoms with E-state index in [1.54, 1.807) is 11.5 Å². The third kappa shape index (κ3) is 6.86. The van der Waals surface area contributed by atoms with E-state index in [1.165, 1.54) is 42.5 Å². The molecule has 0 aliphatic heterocycles. The predicted molar refractivity (Wildman–Crippen MR) is 118 cm³/mol. The van der Waals surface area contributed by atoms with E-state index in [4.69, 9.17) is 4.74 Å². The van der Waals surface area contributed by atoms with Gasteiger partial charge in [-0.2, -0.15) is 0 Å². The second-order valence-corrected chi connectivity index (χ2v) is 8.34. The summed E-state index contributed by atoms with van der Waals surface area (Å²) in [5.41, 5.74) is -0.0993. The van der Waals surface area contributed by atoms with E-state index in [0.717, 1.165) is 17.8 Å². The van der Waals surface area contributed by atoms with Crippen LogP contribution in [0.15, 0.2) is 53.7 Å². The maximum atomic E-state index is 13.1. The van der Waals surface area contributed by atoms with Gasteiger partial charge in [-0.3, -0.25) is 4.79 Å². The van der Waals surface area contributed by atoms with E-state index in [0.29, 0.717) is 16.7 Å². The van der Waals surface area contributed by atoms with Crippen LogP contribution >= 0.6 is 11.8 Å². The van der Waals surface area contributed by atoms with Crippen LogP contribution in [-0.4, -0.2) is 32.8 Å². The van der Waals surface area contributed by atoms with Crippen molar-refractivity contribution in [3.05, 3.63) is 60.2 Å². The lowest BCUT2D eigenvalue weighted by atomic mass is 10.3. The fourth-order valence-corrected chi connectivity index (χ4v) is 3.89. The molecule has 0 fully saturated rings. The lowest BCUT2D eigenvalue weighted by Gasteiger charge is -2.19. The van der Waals surface area contributed by atoms with Crippen molar-refractivity contribution in [3.8, 4) is 11.5 Å². The molecule has 1 unspecified atom stereocenters. The maximum absolute atomic E-state index is 13.1. The molecule has 0 spiro atoms. The van der Waals surface area contributed by atoms with Crippen LogP contribution in [-0.2, 0) is 4.79 Å². The largest absolute Gasteiger partial charge is 0.573 e. The second-order valence-electron chi connectivity index (χ2n) is 7.40. The Hall–Kier alpha value is -3.28. The fourth-order valence-electron chi connectivity index (χ4n) is 3.02. The van der Waals surface area contributed by atoms with E-state index in [2.05, 4.69) is 20.3 Å². The summed E-state index contributed by atoms with van der Waals surface area (Å²) in [4.78, 5) is 12.4. The Labute approximate surface area is 197 Å². The number of hydrogen-bond donors (Lipinski definition) is 1. The molecule has 3 aromatic rings. The van der Waals surface area contributed by atoms with Gasteiger partial charge in [-0.25, -0.2) is 4.39 Å². The molecule has 12 heteroatoms. The van der Waals surface area contributed by atoms with Crippen molar-refractivity contribution in [2.75, 3.05) is 11.1 Å². The molecule has 0 aliphatic rings. The van der Waals surface area contributed by atoms with Crippen LogP contribution in [0.3, 0.4) is 0 Å². The van der Waals surface area contributed by atoms with E-state index in [1.807, 2.05) is 13.8 Å². The molecule has 1 aromatic heterocycles. The van der Waals surface area contributed by atoms with E-state index >= 15 is 0 Å². The van der Waals surface area contributed by atoms with Crippen molar-refractivity contribution in [3.63, 3.8) is 0 Å². The summed E-state index contributed by atoms with van der Waals surface area (Å²) < 4.78 is 62.5. The molecule has 7 nitrogen and oxygen atoms in total. The standard InChI is InChI=1S/C22H22F4N4O3S/c1-13(2)30-20(14(3)32-16-10-8-15(23)9-11-16)28-29-21(30)34-12-19(31)27-17-6-4-5-7-18(17)33-22(24,25)26/h4-11,13-14H,12H2,1-3H3,(H,27,31). The summed E-state index contributed by atoms with van der Waals surface area (Å²) in [5, 5.41) is 11.2. The number of hydrogen-bond acceptors (Lipinski definition) is 6. The molecule has 0 radical (unpaired) electrons. The van der Waals surface area contributed by atoms with E-state index < -0.39 is 24.1 Å². The average Bonchev–Trinajstić information content (AvgIpc) is 3.19. The number of rotatable bonds is 9. The molecule has 0 saturated heterocycles. The van der Waals surface area contributed by atoms with Gasteiger partial charge in [-0.05, 0) is 57.2 Å². The predicted octanol–water partition coefficient (Wildman–Crippen LogP) is 5.77. The number of carbonyl (C=O) groups excluding carboxylic acids is 1. The minimum Gasteiger partial charge on any atom is -0.483 e. The van der Waals surface area contributed by atoms with Crippen LogP contribution in [0.4, 0.5) is 23.2 Å².